The van der Waals surface area contributed by atoms with Crippen molar-refractivity contribution < 1.29 is 9.90 Å². The van der Waals surface area contributed by atoms with E-state index in [-0.39, 0.29) is 19.1 Å². The quantitative estimate of drug-likeness (QED) is 0.716. The molecule has 3 N–H and O–H groups in total. The SMILES string of the molecule is CC(C)c1nc([C@@H](CO)NC(=O)CNc2ccc(C#N)cc2)cs1. The fourth-order valence-electron chi connectivity index (χ4n) is 2.03. The maximum absolute atomic E-state index is 12.1. The van der Waals surface area contributed by atoms with Crippen molar-refractivity contribution in [2.24, 2.45) is 0 Å². The van der Waals surface area contributed by atoms with Crippen LogP contribution in [0.2, 0.25) is 0 Å². The van der Waals surface area contributed by atoms with Crippen LogP contribution in [0.1, 0.15) is 42.1 Å². The number of rotatable bonds is 7. The van der Waals surface area contributed by atoms with Crippen molar-refractivity contribution in [1.82, 2.24) is 10.3 Å². The van der Waals surface area contributed by atoms with Gasteiger partial charge in [-0.3, -0.25) is 4.79 Å². The summed E-state index contributed by atoms with van der Waals surface area (Å²) in [5.74, 6) is 0.0781. The van der Waals surface area contributed by atoms with Crippen LogP contribution in [0, 0.1) is 11.3 Å². The van der Waals surface area contributed by atoms with Gasteiger partial charge in [-0.15, -0.1) is 11.3 Å². The lowest BCUT2D eigenvalue weighted by Gasteiger charge is -2.15. The molecular formula is C17H20N4O2S. The number of aliphatic hydroxyl groups is 1. The van der Waals surface area contributed by atoms with Gasteiger partial charge >= 0.3 is 0 Å². The van der Waals surface area contributed by atoms with Crippen LogP contribution in [0.15, 0.2) is 29.6 Å². The monoisotopic (exact) mass is 344 g/mol. The minimum Gasteiger partial charge on any atom is -0.394 e. The summed E-state index contributed by atoms with van der Waals surface area (Å²) in [6.45, 7) is 3.97. The summed E-state index contributed by atoms with van der Waals surface area (Å²) in [5.41, 5.74) is 1.99. The predicted molar refractivity (Wildman–Crippen MR) is 93.8 cm³/mol. The minimum atomic E-state index is -0.510. The van der Waals surface area contributed by atoms with Crippen LogP contribution in [-0.4, -0.2) is 29.1 Å². The van der Waals surface area contributed by atoms with Crippen molar-refractivity contribution in [2.45, 2.75) is 25.8 Å². The van der Waals surface area contributed by atoms with Crippen molar-refractivity contribution in [2.75, 3.05) is 18.5 Å². The van der Waals surface area contributed by atoms with Gasteiger partial charge in [0.2, 0.25) is 5.91 Å². The molecule has 1 aromatic carbocycles. The molecule has 2 rings (SSSR count). The van der Waals surface area contributed by atoms with Crippen molar-refractivity contribution in [3.05, 3.63) is 45.9 Å². The Hall–Kier alpha value is -2.43. The third-order valence-corrected chi connectivity index (χ3v) is 4.54. The zero-order valence-electron chi connectivity index (χ0n) is 13.6. The molecule has 1 atom stereocenters. The van der Waals surface area contributed by atoms with Gasteiger partial charge in [0.15, 0.2) is 0 Å². The summed E-state index contributed by atoms with van der Waals surface area (Å²) in [6.07, 6.45) is 0. The van der Waals surface area contributed by atoms with Crippen LogP contribution < -0.4 is 10.6 Å². The van der Waals surface area contributed by atoms with E-state index in [9.17, 15) is 9.90 Å². The van der Waals surface area contributed by atoms with Gasteiger partial charge in [-0.25, -0.2) is 4.98 Å². The maximum atomic E-state index is 12.1. The number of aliphatic hydroxyl groups excluding tert-OH is 1. The zero-order valence-corrected chi connectivity index (χ0v) is 14.4. The number of hydrogen-bond donors (Lipinski definition) is 3. The van der Waals surface area contributed by atoms with Crippen molar-refractivity contribution in [3.8, 4) is 6.07 Å². The second-order valence-electron chi connectivity index (χ2n) is 5.61. The highest BCUT2D eigenvalue weighted by Crippen LogP contribution is 2.22. The molecule has 0 unspecified atom stereocenters. The van der Waals surface area contributed by atoms with Crippen LogP contribution >= 0.6 is 11.3 Å². The Bertz CT molecular complexity index is 719. The molecule has 126 valence electrons. The number of nitrogens with zero attached hydrogens (tertiary/aromatic N) is 2. The van der Waals surface area contributed by atoms with E-state index in [1.807, 2.05) is 11.4 Å². The lowest BCUT2D eigenvalue weighted by molar-refractivity contribution is -0.120. The fourth-order valence-corrected chi connectivity index (χ4v) is 2.92. The van der Waals surface area contributed by atoms with E-state index in [0.29, 0.717) is 17.2 Å². The van der Waals surface area contributed by atoms with Gasteiger partial charge in [0.05, 0.1) is 41.5 Å². The van der Waals surface area contributed by atoms with E-state index in [0.717, 1.165) is 10.7 Å². The number of hydrogen-bond acceptors (Lipinski definition) is 6. The Morgan fingerprint density at radius 2 is 2.08 bits per heavy atom. The smallest absolute Gasteiger partial charge is 0.239 e. The fraction of sp³-hybridized carbons (Fsp3) is 0.353. The van der Waals surface area contributed by atoms with Crippen LogP contribution in [0.5, 0.6) is 0 Å². The molecule has 1 amide bonds. The third kappa shape index (κ3) is 4.78. The van der Waals surface area contributed by atoms with E-state index >= 15 is 0 Å². The molecule has 0 aliphatic carbocycles. The summed E-state index contributed by atoms with van der Waals surface area (Å²) in [4.78, 5) is 16.5. The molecule has 6 nitrogen and oxygen atoms in total. The molecule has 7 heteroatoms. The molecule has 0 saturated carbocycles. The number of thiazole rings is 1. The first-order chi connectivity index (χ1) is 11.5. The van der Waals surface area contributed by atoms with Crippen LogP contribution in [0.25, 0.3) is 0 Å². The molecular weight excluding hydrogens is 324 g/mol. The molecule has 0 radical (unpaired) electrons. The van der Waals surface area contributed by atoms with Crippen molar-refractivity contribution >= 4 is 22.9 Å². The largest absolute Gasteiger partial charge is 0.394 e. The Morgan fingerprint density at radius 3 is 2.62 bits per heavy atom. The number of anilines is 1. The zero-order chi connectivity index (χ0) is 17.5. The summed E-state index contributed by atoms with van der Waals surface area (Å²) in [5, 5.41) is 26.9. The number of carbonyl (C=O) groups excluding carboxylic acids is 1. The van der Waals surface area contributed by atoms with Crippen LogP contribution in [-0.2, 0) is 4.79 Å². The van der Waals surface area contributed by atoms with E-state index in [2.05, 4.69) is 29.5 Å². The predicted octanol–water partition coefficient (Wildman–Crippen LogP) is 2.40. The molecule has 0 aliphatic heterocycles. The second-order valence-corrected chi connectivity index (χ2v) is 6.50. The molecule has 0 fully saturated rings. The average molecular weight is 344 g/mol. The van der Waals surface area contributed by atoms with Crippen LogP contribution in [0.4, 0.5) is 5.69 Å². The third-order valence-electron chi connectivity index (χ3n) is 3.38. The first-order valence-electron chi connectivity index (χ1n) is 7.63. The highest BCUT2D eigenvalue weighted by atomic mass is 32.1. The Morgan fingerprint density at radius 1 is 1.38 bits per heavy atom. The number of benzene rings is 1. The second kappa shape index (κ2) is 8.43. The summed E-state index contributed by atoms with van der Waals surface area (Å²) < 4.78 is 0. The molecule has 0 spiro atoms. The van der Waals surface area contributed by atoms with E-state index < -0.39 is 6.04 Å². The molecule has 0 aliphatic rings. The van der Waals surface area contributed by atoms with E-state index in [1.54, 1.807) is 24.3 Å². The molecule has 1 heterocycles. The first kappa shape index (κ1) is 17.9. The van der Waals surface area contributed by atoms with Gasteiger partial charge in [0.1, 0.15) is 0 Å². The highest BCUT2D eigenvalue weighted by Gasteiger charge is 2.17. The normalized spacial score (nSPS) is 11.8. The molecule has 1 aromatic heterocycles. The van der Waals surface area contributed by atoms with Crippen molar-refractivity contribution in [1.29, 1.82) is 5.26 Å². The van der Waals surface area contributed by atoms with Gasteiger partial charge in [-0.1, -0.05) is 13.8 Å². The van der Waals surface area contributed by atoms with Gasteiger partial charge in [0.25, 0.3) is 0 Å². The van der Waals surface area contributed by atoms with Gasteiger partial charge in [-0.2, -0.15) is 5.26 Å². The number of carbonyl (C=O) groups is 1. The summed E-state index contributed by atoms with van der Waals surface area (Å²) >= 11 is 1.53. The lowest BCUT2D eigenvalue weighted by Crippen LogP contribution is -2.35. The minimum absolute atomic E-state index is 0.0730. The molecule has 2 aromatic rings. The van der Waals surface area contributed by atoms with Gasteiger partial charge in [-0.05, 0) is 24.3 Å². The summed E-state index contributed by atoms with van der Waals surface area (Å²) in [7, 11) is 0. The Labute approximate surface area is 145 Å². The lowest BCUT2D eigenvalue weighted by atomic mass is 10.2. The van der Waals surface area contributed by atoms with Gasteiger partial charge in [0, 0.05) is 17.0 Å². The standard InChI is InChI=1S/C17H20N4O2S/c1-11(2)17-21-15(10-24-17)14(9-22)20-16(23)8-19-13-5-3-12(7-18)4-6-13/h3-6,10-11,14,19,22H,8-9H2,1-2H3,(H,20,23)/t14-/m1/s1. The molecule has 0 bridgehead atoms. The number of nitriles is 1. The van der Waals surface area contributed by atoms with Crippen LogP contribution in [0.3, 0.4) is 0 Å². The van der Waals surface area contributed by atoms with Gasteiger partial charge < -0.3 is 15.7 Å². The van der Waals surface area contributed by atoms with Crippen molar-refractivity contribution in [3.63, 3.8) is 0 Å². The maximum Gasteiger partial charge on any atom is 0.239 e. The Balaban J connectivity index is 1.90. The topological polar surface area (TPSA) is 98.0 Å². The first-order valence-corrected chi connectivity index (χ1v) is 8.51. The summed E-state index contributed by atoms with van der Waals surface area (Å²) in [6, 6.07) is 8.37. The van der Waals surface area contributed by atoms with E-state index in [1.165, 1.54) is 11.3 Å². The highest BCUT2D eigenvalue weighted by molar-refractivity contribution is 7.09. The number of nitrogens with one attached hydrogen (secondary N) is 2. The number of amides is 1. The Kier molecular flexibility index (Phi) is 6.29. The molecule has 24 heavy (non-hydrogen) atoms. The number of aromatic nitrogens is 1. The van der Waals surface area contributed by atoms with E-state index in [4.69, 9.17) is 5.26 Å². The molecule has 0 saturated heterocycles. The average Bonchev–Trinajstić information content (AvgIpc) is 3.08.